The molecule has 0 aromatic heterocycles. The van der Waals surface area contributed by atoms with Crippen molar-refractivity contribution in [3.8, 4) is 0 Å². The lowest BCUT2D eigenvalue weighted by atomic mass is 10.4. The van der Waals surface area contributed by atoms with Crippen LogP contribution >= 0.6 is 7.92 Å². The molecule has 1 aliphatic rings. The molecule has 42 valence electrons. The molecular weight excluding hydrogens is 103 g/mol. The van der Waals surface area contributed by atoms with E-state index in [2.05, 4.69) is 6.92 Å². The van der Waals surface area contributed by atoms with Crippen LogP contribution in [-0.4, -0.2) is 18.5 Å². The zero-order valence-electron chi connectivity index (χ0n) is 4.98. The van der Waals surface area contributed by atoms with E-state index in [-0.39, 0.29) is 0 Å². The molecule has 0 bridgehead atoms. The minimum Gasteiger partial charge on any atom is -0.107 e. The summed E-state index contributed by atoms with van der Waals surface area (Å²) in [6, 6.07) is 0. The van der Waals surface area contributed by atoms with Crippen molar-refractivity contribution in [2.75, 3.05) is 18.5 Å². The van der Waals surface area contributed by atoms with Gasteiger partial charge in [-0.1, -0.05) is 6.92 Å². The first kappa shape index (κ1) is 5.56. The van der Waals surface area contributed by atoms with Crippen LogP contribution in [0.25, 0.3) is 0 Å². The Morgan fingerprint density at radius 3 is 2.14 bits per heavy atom. The Labute approximate surface area is 47.1 Å². The van der Waals surface area contributed by atoms with Crippen molar-refractivity contribution in [3.63, 3.8) is 0 Å². The van der Waals surface area contributed by atoms with Crippen molar-refractivity contribution in [2.24, 2.45) is 0 Å². The highest BCUT2D eigenvalue weighted by Gasteiger charge is 2.10. The summed E-state index contributed by atoms with van der Waals surface area (Å²) in [5.41, 5.74) is 0. The molecule has 0 amide bonds. The Morgan fingerprint density at radius 1 is 1.29 bits per heavy atom. The molecule has 1 heteroatoms. The summed E-state index contributed by atoms with van der Waals surface area (Å²) in [6.45, 7) is 2.33. The first-order valence-corrected chi connectivity index (χ1v) is 5.05. The fourth-order valence-corrected chi connectivity index (χ4v) is 3.30. The smallest absolute Gasteiger partial charge is 0.0326 e. The van der Waals surface area contributed by atoms with Gasteiger partial charge < -0.3 is 0 Å². The topological polar surface area (TPSA) is 0 Å². The van der Waals surface area contributed by atoms with Gasteiger partial charge in [-0.15, -0.1) is 7.92 Å². The first-order chi connectivity index (χ1) is 3.43. The number of rotatable bonds is 1. The van der Waals surface area contributed by atoms with Gasteiger partial charge in [0.1, 0.15) is 0 Å². The van der Waals surface area contributed by atoms with Crippen molar-refractivity contribution in [2.45, 2.75) is 19.8 Å². The van der Waals surface area contributed by atoms with Crippen LogP contribution in [-0.2, 0) is 0 Å². The Balaban J connectivity index is 2.14. The summed E-state index contributed by atoms with van der Waals surface area (Å²) in [6.07, 6.45) is 7.69. The molecule has 0 atom stereocenters. The van der Waals surface area contributed by atoms with Crippen LogP contribution in [0.5, 0.6) is 0 Å². The Bertz CT molecular complexity index is 46.1. The second kappa shape index (κ2) is 2.67. The summed E-state index contributed by atoms with van der Waals surface area (Å²) < 4.78 is 0. The van der Waals surface area contributed by atoms with Gasteiger partial charge in [0.2, 0.25) is 0 Å². The predicted molar refractivity (Wildman–Crippen MR) is 36.4 cm³/mol. The molecule has 0 aromatic carbocycles. The fraction of sp³-hybridized carbons (Fsp3) is 1.00. The van der Waals surface area contributed by atoms with Crippen LogP contribution < -0.4 is 0 Å². The molecule has 0 N–H and O–H groups in total. The first-order valence-electron chi connectivity index (χ1n) is 3.16. The van der Waals surface area contributed by atoms with Gasteiger partial charge in [0.25, 0.3) is 0 Å². The average Bonchev–Trinajstić information content (AvgIpc) is 2.14. The molecule has 7 heavy (non-hydrogen) atoms. The lowest BCUT2D eigenvalue weighted by Crippen LogP contribution is -1.76. The van der Waals surface area contributed by atoms with E-state index in [4.69, 9.17) is 0 Å². The highest BCUT2D eigenvalue weighted by atomic mass is 31.1. The summed E-state index contributed by atoms with van der Waals surface area (Å²) in [5.74, 6) is 0. The van der Waals surface area contributed by atoms with Crippen molar-refractivity contribution in [1.29, 1.82) is 0 Å². The molecule has 0 spiro atoms. The average molecular weight is 116 g/mol. The van der Waals surface area contributed by atoms with Crippen LogP contribution in [0.4, 0.5) is 0 Å². The third kappa shape index (κ3) is 1.42. The summed E-state index contributed by atoms with van der Waals surface area (Å²) in [4.78, 5) is 0. The largest absolute Gasteiger partial charge is 0.107 e. The van der Waals surface area contributed by atoms with Crippen LogP contribution in [0.1, 0.15) is 19.8 Å². The van der Waals surface area contributed by atoms with E-state index in [1.54, 1.807) is 12.3 Å². The number of hydrogen-bond acceptors (Lipinski definition) is 0. The molecule has 1 saturated heterocycles. The lowest BCUT2D eigenvalue weighted by Gasteiger charge is -2.01. The van der Waals surface area contributed by atoms with E-state index >= 15 is 0 Å². The van der Waals surface area contributed by atoms with E-state index in [1.165, 1.54) is 19.0 Å². The van der Waals surface area contributed by atoms with E-state index in [9.17, 15) is 0 Å². The Morgan fingerprint density at radius 2 is 1.86 bits per heavy atom. The van der Waals surface area contributed by atoms with E-state index < -0.39 is 0 Å². The molecule has 1 heterocycles. The van der Waals surface area contributed by atoms with E-state index in [1.807, 2.05) is 0 Å². The van der Waals surface area contributed by atoms with Crippen LogP contribution in [0.3, 0.4) is 0 Å². The maximum absolute atomic E-state index is 2.33. The van der Waals surface area contributed by atoms with Crippen LogP contribution in [0.2, 0.25) is 0 Å². The summed E-state index contributed by atoms with van der Waals surface area (Å²) in [7, 11) is 0.557. The van der Waals surface area contributed by atoms with Gasteiger partial charge in [-0.05, 0) is 31.3 Å². The molecule has 1 fully saturated rings. The fourth-order valence-electron chi connectivity index (χ4n) is 1.10. The van der Waals surface area contributed by atoms with Gasteiger partial charge >= 0.3 is 0 Å². The minimum atomic E-state index is 0.557. The Kier molecular flexibility index (Phi) is 2.12. The zero-order valence-corrected chi connectivity index (χ0v) is 5.88. The van der Waals surface area contributed by atoms with Gasteiger partial charge in [-0.25, -0.2) is 0 Å². The highest BCUT2D eigenvalue weighted by Crippen LogP contribution is 2.42. The molecule has 0 unspecified atom stereocenters. The van der Waals surface area contributed by atoms with Crippen molar-refractivity contribution in [3.05, 3.63) is 0 Å². The number of hydrogen-bond donors (Lipinski definition) is 0. The minimum absolute atomic E-state index is 0.557. The van der Waals surface area contributed by atoms with Crippen molar-refractivity contribution < 1.29 is 0 Å². The van der Waals surface area contributed by atoms with E-state index in [0.717, 1.165) is 0 Å². The van der Waals surface area contributed by atoms with Crippen LogP contribution in [0.15, 0.2) is 0 Å². The quantitative estimate of drug-likeness (QED) is 0.461. The monoisotopic (exact) mass is 116 g/mol. The third-order valence-corrected chi connectivity index (χ3v) is 4.44. The van der Waals surface area contributed by atoms with E-state index in [0.29, 0.717) is 7.92 Å². The highest BCUT2D eigenvalue weighted by molar-refractivity contribution is 7.57. The molecule has 0 radical (unpaired) electrons. The van der Waals surface area contributed by atoms with Gasteiger partial charge in [-0.3, -0.25) is 0 Å². The normalized spacial score (nSPS) is 23.6. The predicted octanol–water partition coefficient (Wildman–Crippen LogP) is 2.28. The maximum Gasteiger partial charge on any atom is -0.0326 e. The van der Waals surface area contributed by atoms with Crippen LogP contribution in [0, 0.1) is 0 Å². The van der Waals surface area contributed by atoms with Crippen molar-refractivity contribution >= 4 is 7.92 Å². The van der Waals surface area contributed by atoms with Gasteiger partial charge in [0, 0.05) is 0 Å². The summed E-state index contributed by atoms with van der Waals surface area (Å²) >= 11 is 0. The van der Waals surface area contributed by atoms with Crippen molar-refractivity contribution in [1.82, 2.24) is 0 Å². The summed E-state index contributed by atoms with van der Waals surface area (Å²) in [5, 5.41) is 0. The molecule has 1 aliphatic heterocycles. The zero-order chi connectivity index (χ0) is 5.11. The third-order valence-electron chi connectivity index (χ3n) is 1.65. The Hall–Kier alpha value is 0.430. The maximum atomic E-state index is 2.33. The molecule has 0 saturated carbocycles. The van der Waals surface area contributed by atoms with Gasteiger partial charge in [0.15, 0.2) is 0 Å². The lowest BCUT2D eigenvalue weighted by molar-refractivity contribution is 0.949. The molecule has 0 nitrogen and oxygen atoms in total. The van der Waals surface area contributed by atoms with Gasteiger partial charge in [0.05, 0.1) is 0 Å². The molecule has 0 aromatic rings. The standard InChI is InChI=1S/C6H13P/c1-2-7-5-3-4-6-7/h2-6H2,1H3. The second-order valence-electron chi connectivity index (χ2n) is 2.14. The van der Waals surface area contributed by atoms with Gasteiger partial charge in [-0.2, -0.15) is 0 Å². The molecule has 1 rings (SSSR count). The second-order valence-corrected chi connectivity index (χ2v) is 5.01. The molecular formula is C6H13P. The molecule has 0 aliphatic carbocycles. The SMILES string of the molecule is CCP1CCCC1.